The molecule has 40 heavy (non-hydrogen) atoms. The van der Waals surface area contributed by atoms with E-state index >= 15 is 0 Å². The van der Waals surface area contributed by atoms with Crippen LogP contribution in [-0.4, -0.2) is 32.6 Å². The molecule has 4 rings (SSSR count). The van der Waals surface area contributed by atoms with Crippen molar-refractivity contribution in [3.63, 3.8) is 0 Å². The van der Waals surface area contributed by atoms with Crippen molar-refractivity contribution in [3.8, 4) is 40.7 Å². The van der Waals surface area contributed by atoms with Crippen LogP contribution in [-0.2, 0) is 23.1 Å². The van der Waals surface area contributed by atoms with Gasteiger partial charge in [0, 0.05) is 40.3 Å². The second-order valence-electron chi connectivity index (χ2n) is 8.62. The summed E-state index contributed by atoms with van der Waals surface area (Å²) in [5.41, 5.74) is 3.46. The van der Waals surface area contributed by atoms with Crippen molar-refractivity contribution in [2.75, 3.05) is 12.9 Å². The van der Waals surface area contributed by atoms with Crippen molar-refractivity contribution in [2.24, 2.45) is 0 Å². The molecule has 0 aliphatic heterocycles. The van der Waals surface area contributed by atoms with Gasteiger partial charge < -0.3 is 14.2 Å². The molecule has 0 amide bonds. The number of halogens is 2. The molecule has 0 N–H and O–H groups in total. The molecule has 1 heterocycles. The quantitative estimate of drug-likeness (QED) is 0.136. The number of sulfone groups is 1. The molecule has 204 valence electrons. The second kappa shape index (κ2) is 13.0. The van der Waals surface area contributed by atoms with Crippen LogP contribution in [0.25, 0.3) is 11.1 Å². The third kappa shape index (κ3) is 7.21. The van der Waals surface area contributed by atoms with E-state index in [2.05, 4.69) is 26.8 Å². The molecule has 1 aromatic heterocycles. The minimum atomic E-state index is -3.43. The molecule has 0 radical (unpaired) electrons. The number of carbonyl (C=O) groups excluding carboxylic acids is 1. The van der Waals surface area contributed by atoms with Crippen LogP contribution in [0.3, 0.4) is 0 Å². The number of pyridine rings is 1. The number of rotatable bonds is 11. The number of benzene rings is 3. The van der Waals surface area contributed by atoms with Gasteiger partial charge in [0.2, 0.25) is 0 Å². The zero-order valence-electron chi connectivity index (χ0n) is 21.3. The zero-order valence-corrected chi connectivity index (χ0v) is 24.4. The monoisotopic (exact) mass is 639 g/mol. The maximum absolute atomic E-state index is 11.8. The van der Waals surface area contributed by atoms with Crippen LogP contribution in [0.1, 0.15) is 21.5 Å². The van der Waals surface area contributed by atoms with Crippen molar-refractivity contribution in [1.29, 1.82) is 0 Å². The number of nitrogens with zero attached hydrogens (tertiary/aromatic N) is 1. The van der Waals surface area contributed by atoms with E-state index in [9.17, 15) is 13.2 Å². The fourth-order valence-electron chi connectivity index (χ4n) is 3.73. The fourth-order valence-corrected chi connectivity index (χ4v) is 5.18. The van der Waals surface area contributed by atoms with E-state index in [0.29, 0.717) is 23.3 Å². The SMILES string of the molecule is C#CCOc1cccc(-c2cccc(COc3cc(OCc4cncc(S(C)(=O)=O)c4)c(C=O)cc3Cl)c2Br)c1. The molecule has 0 saturated carbocycles. The normalized spacial score (nSPS) is 10.9. The summed E-state index contributed by atoms with van der Waals surface area (Å²) in [7, 11) is -3.43. The minimum absolute atomic E-state index is 0.0179. The standard InChI is InChI=1S/C30H23BrClNO6S/c1-3-10-37-24-8-4-6-21(12-24)26-9-5-7-22(30(26)31)19-39-29-14-28(23(17-34)13-27(29)32)38-18-20-11-25(16-33-15-20)40(2,35)36/h1,4-9,11-17H,10,18-19H2,2H3. The lowest BCUT2D eigenvalue weighted by atomic mass is 10.0. The Bertz CT molecular complexity index is 1700. The summed E-state index contributed by atoms with van der Waals surface area (Å²) in [6, 6.07) is 17.9. The number of aromatic nitrogens is 1. The molecule has 10 heteroatoms. The molecule has 0 bridgehead atoms. The van der Waals surface area contributed by atoms with Crippen LogP contribution in [0.15, 0.2) is 82.4 Å². The highest BCUT2D eigenvalue weighted by molar-refractivity contribution is 9.10. The molecule has 0 unspecified atom stereocenters. The van der Waals surface area contributed by atoms with Gasteiger partial charge in [-0.25, -0.2) is 8.42 Å². The predicted octanol–water partition coefficient (Wildman–Crippen LogP) is 6.55. The average Bonchev–Trinajstić information content (AvgIpc) is 2.95. The van der Waals surface area contributed by atoms with Crippen LogP contribution in [0.4, 0.5) is 0 Å². The average molecular weight is 641 g/mol. The van der Waals surface area contributed by atoms with Gasteiger partial charge >= 0.3 is 0 Å². The van der Waals surface area contributed by atoms with E-state index in [-0.39, 0.29) is 41.1 Å². The molecule has 3 aromatic carbocycles. The lowest BCUT2D eigenvalue weighted by Gasteiger charge is -2.15. The van der Waals surface area contributed by atoms with Crippen LogP contribution in [0.2, 0.25) is 5.02 Å². The Morgan fingerprint density at radius 2 is 1.77 bits per heavy atom. The van der Waals surface area contributed by atoms with E-state index in [0.717, 1.165) is 27.4 Å². The topological polar surface area (TPSA) is 91.8 Å². The molecule has 0 atom stereocenters. The summed E-state index contributed by atoms with van der Waals surface area (Å²) in [5.74, 6) is 3.66. The lowest BCUT2D eigenvalue weighted by Crippen LogP contribution is -2.04. The second-order valence-corrected chi connectivity index (χ2v) is 11.8. The number of hydrogen-bond acceptors (Lipinski definition) is 7. The summed E-state index contributed by atoms with van der Waals surface area (Å²) >= 11 is 10.1. The molecule has 0 aliphatic carbocycles. The van der Waals surface area contributed by atoms with Crippen LogP contribution in [0, 0.1) is 12.3 Å². The Morgan fingerprint density at radius 1 is 1.00 bits per heavy atom. The van der Waals surface area contributed by atoms with Gasteiger partial charge in [-0.2, -0.15) is 0 Å². The Hall–Kier alpha value is -3.84. The van der Waals surface area contributed by atoms with Gasteiger partial charge in [0.15, 0.2) is 16.1 Å². The summed E-state index contributed by atoms with van der Waals surface area (Å²) in [5, 5.41) is 0.237. The molecular weight excluding hydrogens is 618 g/mol. The van der Waals surface area contributed by atoms with E-state index in [1.165, 1.54) is 30.6 Å². The lowest BCUT2D eigenvalue weighted by molar-refractivity contribution is 0.111. The summed E-state index contributed by atoms with van der Waals surface area (Å²) < 4.78 is 41.9. The van der Waals surface area contributed by atoms with Gasteiger partial charge in [-0.3, -0.25) is 9.78 Å². The third-order valence-electron chi connectivity index (χ3n) is 5.71. The highest BCUT2D eigenvalue weighted by Gasteiger charge is 2.15. The summed E-state index contributed by atoms with van der Waals surface area (Å²) in [6.45, 7) is 0.329. The number of ether oxygens (including phenoxy) is 3. The first-order valence-corrected chi connectivity index (χ1v) is 14.9. The van der Waals surface area contributed by atoms with Crippen LogP contribution < -0.4 is 14.2 Å². The van der Waals surface area contributed by atoms with Crippen molar-refractivity contribution in [2.45, 2.75) is 18.1 Å². The molecule has 0 spiro atoms. The van der Waals surface area contributed by atoms with Gasteiger partial charge in [-0.15, -0.1) is 6.42 Å². The molecule has 0 saturated heterocycles. The van der Waals surface area contributed by atoms with Gasteiger partial charge in [0.1, 0.15) is 37.1 Å². The summed E-state index contributed by atoms with van der Waals surface area (Å²) in [6.07, 6.45) is 9.77. The highest BCUT2D eigenvalue weighted by Crippen LogP contribution is 2.36. The molecule has 0 fully saturated rings. The fraction of sp³-hybridized carbons (Fsp3) is 0.133. The van der Waals surface area contributed by atoms with Gasteiger partial charge in [0.05, 0.1) is 15.5 Å². The van der Waals surface area contributed by atoms with E-state index in [1.54, 1.807) is 0 Å². The van der Waals surface area contributed by atoms with Gasteiger partial charge in [0.25, 0.3) is 0 Å². The number of aldehydes is 1. The molecule has 7 nitrogen and oxygen atoms in total. The van der Waals surface area contributed by atoms with Crippen LogP contribution >= 0.6 is 27.5 Å². The first-order valence-electron chi connectivity index (χ1n) is 11.8. The maximum atomic E-state index is 11.8. The van der Waals surface area contributed by atoms with E-state index in [1.807, 2.05) is 42.5 Å². The third-order valence-corrected chi connectivity index (χ3v) is 8.02. The molecule has 4 aromatic rings. The molecular formula is C30H23BrClNO6S. The summed E-state index contributed by atoms with van der Waals surface area (Å²) in [4.78, 5) is 15.7. The maximum Gasteiger partial charge on any atom is 0.177 e. The Kier molecular flexibility index (Phi) is 9.48. The molecule has 0 aliphatic rings. The first-order chi connectivity index (χ1) is 19.2. The first kappa shape index (κ1) is 29.2. The number of hydrogen-bond donors (Lipinski definition) is 0. The van der Waals surface area contributed by atoms with E-state index < -0.39 is 9.84 Å². The number of terminal acetylenes is 1. The minimum Gasteiger partial charge on any atom is -0.488 e. The van der Waals surface area contributed by atoms with Gasteiger partial charge in [-0.1, -0.05) is 47.9 Å². The predicted molar refractivity (Wildman–Crippen MR) is 157 cm³/mol. The van der Waals surface area contributed by atoms with Crippen molar-refractivity contribution >= 4 is 43.7 Å². The van der Waals surface area contributed by atoms with Crippen molar-refractivity contribution in [3.05, 3.63) is 99.2 Å². The highest BCUT2D eigenvalue weighted by atomic mass is 79.9. The van der Waals surface area contributed by atoms with Gasteiger partial charge in [-0.05, 0) is 51.3 Å². The zero-order chi connectivity index (χ0) is 28.7. The Balaban J connectivity index is 1.53. The van der Waals surface area contributed by atoms with Crippen molar-refractivity contribution in [1.82, 2.24) is 4.98 Å². The Labute approximate surface area is 246 Å². The smallest absolute Gasteiger partial charge is 0.177 e. The van der Waals surface area contributed by atoms with E-state index in [4.69, 9.17) is 32.2 Å². The number of carbonyl (C=O) groups is 1. The largest absolute Gasteiger partial charge is 0.488 e. The Morgan fingerprint density at radius 3 is 2.52 bits per heavy atom. The van der Waals surface area contributed by atoms with Crippen LogP contribution in [0.5, 0.6) is 17.2 Å². The van der Waals surface area contributed by atoms with Crippen molar-refractivity contribution < 1.29 is 27.4 Å².